The van der Waals surface area contributed by atoms with E-state index in [1.165, 1.54) is 19.3 Å². The molecule has 1 saturated heterocycles. The van der Waals surface area contributed by atoms with E-state index in [9.17, 15) is 4.79 Å². The van der Waals surface area contributed by atoms with Gasteiger partial charge in [-0.25, -0.2) is 4.79 Å². The summed E-state index contributed by atoms with van der Waals surface area (Å²) in [7, 11) is 0. The minimum absolute atomic E-state index is 0.179. The Morgan fingerprint density at radius 1 is 1.35 bits per heavy atom. The number of rotatable bonds is 7. The highest BCUT2D eigenvalue weighted by molar-refractivity contribution is 5.67. The van der Waals surface area contributed by atoms with E-state index in [4.69, 9.17) is 9.84 Å². The lowest BCUT2D eigenvalue weighted by Crippen LogP contribution is -2.51. The molecule has 20 heavy (non-hydrogen) atoms. The molecule has 1 aliphatic heterocycles. The summed E-state index contributed by atoms with van der Waals surface area (Å²) >= 11 is 0. The number of nitrogens with zero attached hydrogens (tertiary/aromatic N) is 1. The second-order valence-electron chi connectivity index (χ2n) is 6.11. The van der Waals surface area contributed by atoms with Gasteiger partial charge < -0.3 is 20.1 Å². The smallest absolute Gasteiger partial charge is 0.409 e. The predicted octanol–water partition coefficient (Wildman–Crippen LogP) is 1.61. The van der Waals surface area contributed by atoms with Crippen LogP contribution in [0.2, 0.25) is 0 Å². The largest absolute Gasteiger partial charge is 0.450 e. The fourth-order valence-corrected chi connectivity index (χ4v) is 3.10. The zero-order valence-corrected chi connectivity index (χ0v) is 12.5. The predicted molar refractivity (Wildman–Crippen MR) is 77.5 cm³/mol. The Kier molecular flexibility index (Phi) is 6.10. The molecular weight excluding hydrogens is 256 g/mol. The monoisotopic (exact) mass is 284 g/mol. The van der Waals surface area contributed by atoms with Crippen molar-refractivity contribution in [2.45, 2.75) is 45.1 Å². The zero-order valence-electron chi connectivity index (χ0n) is 12.5. The Morgan fingerprint density at radius 3 is 2.80 bits per heavy atom. The number of aliphatic hydroxyl groups is 1. The van der Waals surface area contributed by atoms with E-state index in [0.717, 1.165) is 38.4 Å². The maximum atomic E-state index is 12.0. The number of piperidine rings is 1. The van der Waals surface area contributed by atoms with Gasteiger partial charge in [0, 0.05) is 25.7 Å². The molecule has 2 unspecified atom stereocenters. The number of amides is 1. The van der Waals surface area contributed by atoms with E-state index in [-0.39, 0.29) is 12.7 Å². The van der Waals surface area contributed by atoms with Gasteiger partial charge in [0.15, 0.2) is 0 Å². The minimum Gasteiger partial charge on any atom is -0.450 e. The Balaban J connectivity index is 1.85. The summed E-state index contributed by atoms with van der Waals surface area (Å²) in [5, 5.41) is 12.3. The number of carbonyl (C=O) groups excluding carboxylic acids is 1. The van der Waals surface area contributed by atoms with Gasteiger partial charge in [0.25, 0.3) is 0 Å². The lowest BCUT2D eigenvalue weighted by molar-refractivity contribution is 0.0761. The Morgan fingerprint density at radius 2 is 2.15 bits per heavy atom. The van der Waals surface area contributed by atoms with E-state index < -0.39 is 0 Å². The first-order chi connectivity index (χ1) is 9.72. The van der Waals surface area contributed by atoms with Crippen LogP contribution >= 0.6 is 0 Å². The lowest BCUT2D eigenvalue weighted by Gasteiger charge is -2.37. The SMILES string of the molecule is CCOC(=O)N1CC(CC2CC2)CC(NCCCO)C1. The van der Waals surface area contributed by atoms with Crippen LogP contribution in [0.1, 0.15) is 39.0 Å². The first-order valence-electron chi connectivity index (χ1n) is 7.98. The molecule has 1 amide bonds. The molecule has 2 rings (SSSR count). The number of carbonyl (C=O) groups is 1. The minimum atomic E-state index is -0.179. The molecule has 1 aliphatic carbocycles. The van der Waals surface area contributed by atoms with Gasteiger partial charge in [0.2, 0.25) is 0 Å². The van der Waals surface area contributed by atoms with Crippen molar-refractivity contribution in [1.82, 2.24) is 10.2 Å². The van der Waals surface area contributed by atoms with Crippen molar-refractivity contribution in [2.75, 3.05) is 32.8 Å². The van der Waals surface area contributed by atoms with Crippen LogP contribution in [0.15, 0.2) is 0 Å². The number of nitrogens with one attached hydrogen (secondary N) is 1. The number of ether oxygens (including phenoxy) is 1. The van der Waals surface area contributed by atoms with Crippen molar-refractivity contribution in [1.29, 1.82) is 0 Å². The van der Waals surface area contributed by atoms with Crippen LogP contribution in [0, 0.1) is 11.8 Å². The van der Waals surface area contributed by atoms with Crippen LogP contribution in [0.5, 0.6) is 0 Å². The maximum Gasteiger partial charge on any atom is 0.409 e. The zero-order chi connectivity index (χ0) is 14.4. The number of hydrogen-bond donors (Lipinski definition) is 2. The fourth-order valence-electron chi connectivity index (χ4n) is 3.10. The number of hydrogen-bond acceptors (Lipinski definition) is 4. The molecule has 116 valence electrons. The average molecular weight is 284 g/mol. The molecule has 0 spiro atoms. The highest BCUT2D eigenvalue weighted by Gasteiger charge is 2.34. The van der Waals surface area contributed by atoms with E-state index in [2.05, 4.69) is 5.32 Å². The molecule has 2 atom stereocenters. The van der Waals surface area contributed by atoms with Crippen LogP contribution in [-0.4, -0.2) is 55.0 Å². The third-order valence-electron chi connectivity index (χ3n) is 4.19. The highest BCUT2D eigenvalue weighted by Crippen LogP contribution is 2.37. The summed E-state index contributed by atoms with van der Waals surface area (Å²) in [6.07, 6.45) is 5.69. The highest BCUT2D eigenvalue weighted by atomic mass is 16.6. The molecule has 1 saturated carbocycles. The normalized spacial score (nSPS) is 26.6. The molecule has 1 heterocycles. The van der Waals surface area contributed by atoms with Crippen LogP contribution in [-0.2, 0) is 4.74 Å². The molecule has 2 aliphatic rings. The van der Waals surface area contributed by atoms with E-state index in [1.54, 1.807) is 0 Å². The van der Waals surface area contributed by atoms with Crippen molar-refractivity contribution < 1.29 is 14.6 Å². The summed E-state index contributed by atoms with van der Waals surface area (Å²) in [6, 6.07) is 0.337. The molecule has 5 heteroatoms. The Hall–Kier alpha value is -0.810. The third-order valence-corrected chi connectivity index (χ3v) is 4.19. The first kappa shape index (κ1) is 15.6. The van der Waals surface area contributed by atoms with Crippen molar-refractivity contribution in [3.63, 3.8) is 0 Å². The van der Waals surface area contributed by atoms with Crippen molar-refractivity contribution in [3.05, 3.63) is 0 Å². The average Bonchev–Trinajstić information content (AvgIpc) is 3.23. The molecule has 2 N–H and O–H groups in total. The Bertz CT molecular complexity index is 307. The summed E-state index contributed by atoms with van der Waals surface area (Å²) < 4.78 is 5.14. The number of likely N-dealkylation sites (tertiary alicyclic amines) is 1. The van der Waals surface area contributed by atoms with Gasteiger partial charge >= 0.3 is 6.09 Å². The lowest BCUT2D eigenvalue weighted by atomic mass is 9.90. The van der Waals surface area contributed by atoms with Gasteiger partial charge in [-0.05, 0) is 44.6 Å². The van der Waals surface area contributed by atoms with Crippen molar-refractivity contribution in [3.8, 4) is 0 Å². The summed E-state index contributed by atoms with van der Waals surface area (Å²) in [5.41, 5.74) is 0. The fraction of sp³-hybridized carbons (Fsp3) is 0.933. The number of aliphatic hydroxyl groups excluding tert-OH is 1. The van der Waals surface area contributed by atoms with Gasteiger partial charge in [0.05, 0.1) is 6.61 Å². The van der Waals surface area contributed by atoms with Crippen LogP contribution < -0.4 is 5.32 Å². The standard InChI is InChI=1S/C15H28N2O3/c1-2-20-15(19)17-10-13(8-12-4-5-12)9-14(11-17)16-6-3-7-18/h12-14,16,18H,2-11H2,1H3. The first-order valence-corrected chi connectivity index (χ1v) is 7.98. The molecule has 0 bridgehead atoms. The van der Waals surface area contributed by atoms with Crippen LogP contribution in [0.3, 0.4) is 0 Å². The molecule has 0 aromatic rings. The van der Waals surface area contributed by atoms with Crippen LogP contribution in [0.25, 0.3) is 0 Å². The van der Waals surface area contributed by atoms with Gasteiger partial charge in [-0.3, -0.25) is 0 Å². The molecular formula is C15H28N2O3. The molecule has 5 nitrogen and oxygen atoms in total. The third kappa shape index (κ3) is 4.94. The molecule has 0 aromatic carbocycles. The van der Waals surface area contributed by atoms with E-state index >= 15 is 0 Å². The molecule has 0 radical (unpaired) electrons. The van der Waals surface area contributed by atoms with Crippen molar-refractivity contribution >= 4 is 6.09 Å². The second-order valence-corrected chi connectivity index (χ2v) is 6.11. The molecule has 0 aromatic heterocycles. The molecule has 2 fully saturated rings. The summed E-state index contributed by atoms with van der Waals surface area (Å²) in [4.78, 5) is 13.8. The summed E-state index contributed by atoms with van der Waals surface area (Å²) in [6.45, 7) is 4.88. The quantitative estimate of drug-likeness (QED) is 0.697. The van der Waals surface area contributed by atoms with Gasteiger partial charge in [0.1, 0.15) is 0 Å². The summed E-state index contributed by atoms with van der Waals surface area (Å²) in [5.74, 6) is 1.48. The van der Waals surface area contributed by atoms with Crippen molar-refractivity contribution in [2.24, 2.45) is 11.8 Å². The maximum absolute atomic E-state index is 12.0. The van der Waals surface area contributed by atoms with E-state index in [0.29, 0.717) is 18.6 Å². The second kappa shape index (κ2) is 7.84. The van der Waals surface area contributed by atoms with Gasteiger partial charge in [-0.1, -0.05) is 12.8 Å². The van der Waals surface area contributed by atoms with E-state index in [1.807, 2.05) is 11.8 Å². The van der Waals surface area contributed by atoms with Crippen LogP contribution in [0.4, 0.5) is 4.79 Å². The van der Waals surface area contributed by atoms with Gasteiger partial charge in [-0.2, -0.15) is 0 Å². The van der Waals surface area contributed by atoms with Gasteiger partial charge in [-0.15, -0.1) is 0 Å². The Labute approximate surface area is 121 Å². The topological polar surface area (TPSA) is 61.8 Å².